The molecule has 16 heteroatoms. The number of hydrogen-bond acceptors (Lipinski definition) is 11. The van der Waals surface area contributed by atoms with Crippen LogP contribution in [0.2, 0.25) is 0 Å². The van der Waals surface area contributed by atoms with Gasteiger partial charge >= 0.3 is 12.1 Å². The van der Waals surface area contributed by atoms with Gasteiger partial charge in [0.15, 0.2) is 11.5 Å². The molecular formula is C38H47F4N9O3. The van der Waals surface area contributed by atoms with Crippen LogP contribution >= 0.6 is 0 Å². The number of likely N-dealkylation sites (N-methyl/N-ethyl adjacent to an activating group) is 1. The number of nitrogens with one attached hydrogen (secondary N) is 1. The van der Waals surface area contributed by atoms with Crippen molar-refractivity contribution in [1.29, 1.82) is 0 Å². The van der Waals surface area contributed by atoms with Gasteiger partial charge in [-0.25, -0.2) is 29.3 Å². The zero-order valence-electron chi connectivity index (χ0n) is 31.1. The molecule has 0 aromatic carbocycles. The summed E-state index contributed by atoms with van der Waals surface area (Å²) in [5.41, 5.74) is 2.24. The van der Waals surface area contributed by atoms with E-state index < -0.39 is 24.1 Å². The van der Waals surface area contributed by atoms with Crippen LogP contribution in [0.25, 0.3) is 33.9 Å². The van der Waals surface area contributed by atoms with Crippen molar-refractivity contribution in [2.75, 3.05) is 70.4 Å². The van der Waals surface area contributed by atoms with Gasteiger partial charge in [0.2, 0.25) is 0 Å². The maximum atomic E-state index is 15.4. The first-order chi connectivity index (χ1) is 25.9. The predicted octanol–water partition coefficient (Wildman–Crippen LogP) is 6.43. The van der Waals surface area contributed by atoms with E-state index in [9.17, 15) is 18.0 Å². The van der Waals surface area contributed by atoms with E-state index in [4.69, 9.17) is 19.4 Å². The number of aromatic amines is 1. The number of H-pyrrole nitrogens is 1. The molecule has 12 nitrogen and oxygen atoms in total. The maximum absolute atomic E-state index is 15.4. The fraction of sp³-hybridized carbons (Fsp3) is 0.579. The molecule has 4 aromatic heterocycles. The van der Waals surface area contributed by atoms with Crippen LogP contribution in [0, 0.1) is 5.41 Å². The molecule has 1 saturated heterocycles. The molecule has 54 heavy (non-hydrogen) atoms. The number of pyridine rings is 2. The topological polar surface area (TPSA) is 125 Å². The first kappa shape index (κ1) is 37.9. The summed E-state index contributed by atoms with van der Waals surface area (Å²) in [6.45, 7) is 3.92. The molecule has 2 aliphatic carbocycles. The second-order valence-corrected chi connectivity index (χ2v) is 15.0. The second kappa shape index (κ2) is 15.4. The normalized spacial score (nSPS) is 20.2. The van der Waals surface area contributed by atoms with Gasteiger partial charge in [0.1, 0.15) is 28.9 Å². The number of piperidine rings is 1. The van der Waals surface area contributed by atoms with Gasteiger partial charge in [-0.15, -0.1) is 0 Å². The number of esters is 1. The molecule has 3 fully saturated rings. The molecular weight excluding hydrogens is 706 g/mol. The minimum absolute atomic E-state index is 0.00606. The highest BCUT2D eigenvalue weighted by molar-refractivity contribution is 5.91. The zero-order valence-corrected chi connectivity index (χ0v) is 31.1. The number of nitrogens with zero attached hydrogens (tertiary/aromatic N) is 8. The molecule has 0 amide bonds. The predicted molar refractivity (Wildman–Crippen MR) is 196 cm³/mol. The molecule has 2 atom stereocenters. The van der Waals surface area contributed by atoms with Crippen LogP contribution in [-0.2, 0) is 20.4 Å². The lowest BCUT2D eigenvalue weighted by atomic mass is 9.86. The van der Waals surface area contributed by atoms with Crippen molar-refractivity contribution >= 4 is 28.6 Å². The lowest BCUT2D eigenvalue weighted by molar-refractivity contribution is -0.145. The number of aromatic nitrogens is 6. The van der Waals surface area contributed by atoms with Crippen molar-refractivity contribution in [1.82, 2.24) is 34.8 Å². The Balaban J connectivity index is 1.19. The minimum Gasteiger partial charge on any atom is -0.465 e. The summed E-state index contributed by atoms with van der Waals surface area (Å²) in [6, 6.07) is 4.18. The molecule has 5 heterocycles. The number of carbonyl (C=O) groups excluding carboxylic acids is 1. The number of anilines is 2. The minimum atomic E-state index is -4.61. The highest BCUT2D eigenvalue weighted by Gasteiger charge is 2.38. The Morgan fingerprint density at radius 1 is 1.04 bits per heavy atom. The van der Waals surface area contributed by atoms with Crippen LogP contribution in [-0.4, -0.2) is 114 Å². The third-order valence-electron chi connectivity index (χ3n) is 10.9. The summed E-state index contributed by atoms with van der Waals surface area (Å²) in [6.07, 6.45) is 3.65. The number of halogens is 4. The number of rotatable bonds is 13. The molecule has 0 bridgehead atoms. The van der Waals surface area contributed by atoms with Gasteiger partial charge in [-0.2, -0.15) is 13.2 Å². The largest absolute Gasteiger partial charge is 0.465 e. The van der Waals surface area contributed by atoms with E-state index in [1.807, 2.05) is 18.0 Å². The SMILES string of the molecule is CCOC(=O)CN(C)[C@@H]1CCN(c2cnc(-c3nc4nc(-c5cc(C6CC6)nc(C(F)(F)F)c5)cc(N(C)CC5(COC)CCCC5)c4[nH]3)cn2)C[C@@H]1F. The number of imidazole rings is 1. The Hall–Kier alpha value is -4.44. The summed E-state index contributed by atoms with van der Waals surface area (Å²) in [7, 11) is 5.41. The van der Waals surface area contributed by atoms with Gasteiger partial charge in [-0.05, 0) is 64.3 Å². The first-order valence-corrected chi connectivity index (χ1v) is 18.6. The maximum Gasteiger partial charge on any atom is 0.433 e. The van der Waals surface area contributed by atoms with Gasteiger partial charge in [0, 0.05) is 55.9 Å². The monoisotopic (exact) mass is 753 g/mol. The van der Waals surface area contributed by atoms with Crippen molar-refractivity contribution in [3.8, 4) is 22.8 Å². The Morgan fingerprint density at radius 2 is 1.81 bits per heavy atom. The van der Waals surface area contributed by atoms with Crippen molar-refractivity contribution < 1.29 is 31.8 Å². The fourth-order valence-electron chi connectivity index (χ4n) is 8.07. The average Bonchev–Trinajstić information content (AvgIpc) is 3.75. The van der Waals surface area contributed by atoms with Gasteiger partial charge in [0.05, 0.1) is 50.1 Å². The number of methoxy groups -OCH3 is 1. The smallest absolute Gasteiger partial charge is 0.433 e. The number of alkyl halides is 4. The Bertz CT molecular complexity index is 1950. The molecule has 1 N–H and O–H groups in total. The highest BCUT2D eigenvalue weighted by atomic mass is 19.4. The molecule has 0 unspecified atom stereocenters. The van der Waals surface area contributed by atoms with Crippen molar-refractivity contribution in [2.24, 2.45) is 5.41 Å². The average molecular weight is 754 g/mol. The number of hydrogen-bond donors (Lipinski definition) is 1. The van der Waals surface area contributed by atoms with E-state index >= 15 is 4.39 Å². The number of ether oxygens (including phenoxy) is 2. The standard InChI is InChI=1S/C38H47F4N9O3/c1-5-54-33(52)20-49(2)29-10-13-51(19-25(29)39)32-18-43-28(17-44-32)35-47-34-30(50(3)21-37(22-53-4)11-6-7-12-37)16-27(46-36(34)48-35)24-14-26(23-8-9-23)45-31(15-24)38(40,41)42/h14-18,23,25,29H,5-13,19-22H2,1-4H3,(H,46,47,48)/t25-,29+/m0/s1. The Kier molecular flexibility index (Phi) is 10.8. The highest BCUT2D eigenvalue weighted by Crippen LogP contribution is 2.44. The van der Waals surface area contributed by atoms with E-state index in [-0.39, 0.29) is 37.0 Å². The van der Waals surface area contributed by atoms with Gasteiger partial charge in [0.25, 0.3) is 0 Å². The van der Waals surface area contributed by atoms with Crippen LogP contribution in [0.4, 0.5) is 29.1 Å². The molecule has 0 spiro atoms. The van der Waals surface area contributed by atoms with E-state index in [0.29, 0.717) is 71.6 Å². The fourth-order valence-corrected chi connectivity index (χ4v) is 8.07. The number of carbonyl (C=O) groups is 1. The van der Waals surface area contributed by atoms with Gasteiger partial charge < -0.3 is 24.3 Å². The van der Waals surface area contributed by atoms with E-state index in [0.717, 1.165) is 50.3 Å². The van der Waals surface area contributed by atoms with Crippen LogP contribution in [0.15, 0.2) is 30.6 Å². The summed E-state index contributed by atoms with van der Waals surface area (Å²) >= 11 is 0. The second-order valence-electron chi connectivity index (χ2n) is 15.0. The molecule has 1 aliphatic heterocycles. The summed E-state index contributed by atoms with van der Waals surface area (Å²) in [4.78, 5) is 43.7. The molecule has 3 aliphatic rings. The van der Waals surface area contributed by atoms with Gasteiger partial charge in [-0.1, -0.05) is 12.8 Å². The van der Waals surface area contributed by atoms with Gasteiger partial charge in [-0.3, -0.25) is 9.69 Å². The van der Waals surface area contributed by atoms with Crippen molar-refractivity contribution in [3.63, 3.8) is 0 Å². The van der Waals surface area contributed by atoms with Crippen LogP contribution in [0.3, 0.4) is 0 Å². The Morgan fingerprint density at radius 3 is 2.46 bits per heavy atom. The quantitative estimate of drug-likeness (QED) is 0.120. The van der Waals surface area contributed by atoms with Crippen LogP contribution < -0.4 is 9.80 Å². The van der Waals surface area contributed by atoms with E-state index in [1.165, 1.54) is 0 Å². The summed E-state index contributed by atoms with van der Waals surface area (Å²) in [5, 5.41) is 0. The van der Waals surface area contributed by atoms with Crippen LogP contribution in [0.5, 0.6) is 0 Å². The molecule has 4 aromatic rings. The summed E-state index contributed by atoms with van der Waals surface area (Å²) < 4.78 is 68.2. The molecule has 290 valence electrons. The van der Waals surface area contributed by atoms with E-state index in [2.05, 4.69) is 24.8 Å². The Labute approximate surface area is 311 Å². The molecule has 2 saturated carbocycles. The molecule has 7 rings (SSSR count). The van der Waals surface area contributed by atoms with Crippen LogP contribution in [0.1, 0.15) is 69.2 Å². The summed E-state index contributed by atoms with van der Waals surface area (Å²) in [5.74, 6) is 0.523. The lowest BCUT2D eigenvalue weighted by Crippen LogP contribution is -2.52. The zero-order chi connectivity index (χ0) is 38.2. The number of fused-ring (bicyclic) bond motifs is 1. The molecule has 0 radical (unpaired) electrons. The first-order valence-electron chi connectivity index (χ1n) is 18.6. The third kappa shape index (κ3) is 8.14. The lowest BCUT2D eigenvalue weighted by Gasteiger charge is -2.39. The van der Waals surface area contributed by atoms with E-state index in [1.54, 1.807) is 44.4 Å². The van der Waals surface area contributed by atoms with Crippen molar-refractivity contribution in [3.05, 3.63) is 42.0 Å². The van der Waals surface area contributed by atoms with Crippen molar-refractivity contribution in [2.45, 2.75) is 76.2 Å². The third-order valence-corrected chi connectivity index (χ3v) is 10.9.